The minimum absolute atomic E-state index is 1.35. The molecule has 0 heterocycles. The van der Waals surface area contributed by atoms with E-state index in [-0.39, 0.29) is 0 Å². The molecule has 126 valence electrons. The molecule has 0 nitrogen and oxygen atoms in total. The molecular formula is C24H27Ga. The molecular weight excluding hydrogens is 358 g/mol. The molecule has 3 aromatic rings. The van der Waals surface area contributed by atoms with Gasteiger partial charge in [0, 0.05) is 0 Å². The van der Waals surface area contributed by atoms with Crippen molar-refractivity contribution < 1.29 is 0 Å². The van der Waals surface area contributed by atoms with E-state index in [1.54, 1.807) is 12.4 Å². The second-order valence-corrected chi connectivity index (χ2v) is 13.2. The second-order valence-electron chi connectivity index (χ2n) is 7.51. The van der Waals surface area contributed by atoms with Gasteiger partial charge in [-0.3, -0.25) is 0 Å². The molecule has 0 N–H and O–H groups in total. The summed E-state index contributed by atoms with van der Waals surface area (Å²) in [4.78, 5) is 0. The van der Waals surface area contributed by atoms with Gasteiger partial charge in [0.1, 0.15) is 0 Å². The van der Waals surface area contributed by atoms with Gasteiger partial charge in [-0.05, 0) is 0 Å². The normalized spacial score (nSPS) is 10.8. The predicted molar refractivity (Wildman–Crippen MR) is 112 cm³/mol. The Labute approximate surface area is 158 Å². The van der Waals surface area contributed by atoms with Crippen LogP contribution in [0.25, 0.3) is 0 Å². The van der Waals surface area contributed by atoms with Gasteiger partial charge >= 0.3 is 158 Å². The molecule has 25 heavy (non-hydrogen) atoms. The van der Waals surface area contributed by atoms with Gasteiger partial charge in [0.2, 0.25) is 0 Å². The third kappa shape index (κ3) is 3.78. The Kier molecular flexibility index (Phi) is 5.26. The SMILES string of the molecule is Cc1cc[c]([Ga]([c]2ccc(C)cc2C)[c]2ccc(C)cc2C)c(C)c1. The van der Waals surface area contributed by atoms with Crippen molar-refractivity contribution in [1.82, 2.24) is 0 Å². The number of hydrogen-bond acceptors (Lipinski definition) is 0. The van der Waals surface area contributed by atoms with Crippen molar-refractivity contribution in [2.24, 2.45) is 0 Å². The van der Waals surface area contributed by atoms with Gasteiger partial charge in [0.15, 0.2) is 0 Å². The number of benzene rings is 3. The summed E-state index contributed by atoms with van der Waals surface area (Å²) in [5.74, 6) is 0. The molecule has 0 aromatic heterocycles. The Morgan fingerprint density at radius 2 is 0.720 bits per heavy atom. The third-order valence-corrected chi connectivity index (χ3v) is 13.2. The van der Waals surface area contributed by atoms with Crippen molar-refractivity contribution in [3.63, 3.8) is 0 Å². The summed E-state index contributed by atoms with van der Waals surface area (Å²) in [6.45, 7) is 13.4. The summed E-state index contributed by atoms with van der Waals surface area (Å²) in [6, 6.07) is 21.1. The fourth-order valence-electron chi connectivity index (χ4n) is 3.95. The van der Waals surface area contributed by atoms with E-state index in [0.717, 1.165) is 0 Å². The second kappa shape index (κ2) is 7.27. The zero-order chi connectivity index (χ0) is 18.1. The number of rotatable bonds is 3. The molecule has 0 amide bonds. The summed E-state index contributed by atoms with van der Waals surface area (Å²) >= 11 is -2.11. The van der Waals surface area contributed by atoms with Gasteiger partial charge in [-0.15, -0.1) is 0 Å². The van der Waals surface area contributed by atoms with Crippen LogP contribution in [0.1, 0.15) is 33.4 Å². The van der Waals surface area contributed by atoms with Gasteiger partial charge in [-0.25, -0.2) is 0 Å². The van der Waals surface area contributed by atoms with Gasteiger partial charge in [0.05, 0.1) is 0 Å². The fraction of sp³-hybridized carbons (Fsp3) is 0.250. The number of aryl methyl sites for hydroxylation is 6. The van der Waals surface area contributed by atoms with Crippen LogP contribution in [0.15, 0.2) is 54.6 Å². The van der Waals surface area contributed by atoms with Gasteiger partial charge in [-0.2, -0.15) is 0 Å². The van der Waals surface area contributed by atoms with Crippen molar-refractivity contribution in [2.45, 2.75) is 41.5 Å². The minimum atomic E-state index is -2.11. The molecule has 3 aromatic carbocycles. The first-order valence-corrected chi connectivity index (χ1v) is 12.7. The molecule has 0 aliphatic heterocycles. The topological polar surface area (TPSA) is 0 Å². The summed E-state index contributed by atoms with van der Waals surface area (Å²) in [6.07, 6.45) is 0. The Balaban J connectivity index is 2.27. The Hall–Kier alpha value is -1.70. The van der Waals surface area contributed by atoms with Crippen LogP contribution in [-0.4, -0.2) is 16.2 Å². The summed E-state index contributed by atoms with van der Waals surface area (Å²) in [5.41, 5.74) is 8.40. The van der Waals surface area contributed by atoms with Gasteiger partial charge in [-0.1, -0.05) is 0 Å². The molecule has 0 saturated carbocycles. The van der Waals surface area contributed by atoms with E-state index in [2.05, 4.69) is 96.1 Å². The standard InChI is InChI=1S/3C8H9.Ga/c3*1-7-4-3-5-8(2)6-7;/h3*3-4,6H,1-2H3;. The monoisotopic (exact) mass is 384 g/mol. The van der Waals surface area contributed by atoms with Crippen LogP contribution >= 0.6 is 0 Å². The predicted octanol–water partition coefficient (Wildman–Crippen LogP) is 4.05. The first-order chi connectivity index (χ1) is 11.9. The Morgan fingerprint density at radius 3 is 0.960 bits per heavy atom. The maximum absolute atomic E-state index is 2.40. The molecule has 0 unspecified atom stereocenters. The third-order valence-electron chi connectivity index (χ3n) is 5.21. The van der Waals surface area contributed by atoms with Gasteiger partial charge < -0.3 is 0 Å². The first-order valence-electron chi connectivity index (χ1n) is 9.08. The molecule has 1 heteroatoms. The molecule has 3 rings (SSSR count). The summed E-state index contributed by atoms with van der Waals surface area (Å²) < 4.78 is 4.78. The van der Waals surface area contributed by atoms with Crippen LogP contribution in [0.4, 0.5) is 0 Å². The van der Waals surface area contributed by atoms with Crippen LogP contribution in [-0.2, 0) is 0 Å². The average molecular weight is 385 g/mol. The van der Waals surface area contributed by atoms with E-state index in [4.69, 9.17) is 0 Å². The maximum atomic E-state index is 2.40. The molecule has 0 fully saturated rings. The van der Waals surface area contributed by atoms with Crippen molar-refractivity contribution in [1.29, 1.82) is 0 Å². The van der Waals surface area contributed by atoms with E-state index < -0.39 is 16.2 Å². The van der Waals surface area contributed by atoms with Crippen LogP contribution in [0.3, 0.4) is 0 Å². The zero-order valence-corrected chi connectivity index (χ0v) is 18.7. The van der Waals surface area contributed by atoms with E-state index in [1.165, 1.54) is 33.4 Å². The molecule has 0 saturated heterocycles. The average Bonchev–Trinajstić information content (AvgIpc) is 2.52. The van der Waals surface area contributed by atoms with Crippen LogP contribution in [0.2, 0.25) is 0 Å². The Bertz CT molecular complexity index is 799. The molecule has 0 bridgehead atoms. The first kappa shape index (κ1) is 18.1. The quantitative estimate of drug-likeness (QED) is 0.597. The molecule has 0 aliphatic carbocycles. The van der Waals surface area contributed by atoms with E-state index in [0.29, 0.717) is 0 Å². The van der Waals surface area contributed by atoms with E-state index >= 15 is 0 Å². The van der Waals surface area contributed by atoms with Crippen LogP contribution < -0.4 is 12.4 Å². The van der Waals surface area contributed by atoms with Crippen LogP contribution in [0.5, 0.6) is 0 Å². The molecule has 0 aliphatic rings. The van der Waals surface area contributed by atoms with Crippen molar-refractivity contribution >= 4 is 28.6 Å². The van der Waals surface area contributed by atoms with Crippen molar-refractivity contribution in [3.8, 4) is 0 Å². The molecule has 0 atom stereocenters. The van der Waals surface area contributed by atoms with Crippen molar-refractivity contribution in [2.75, 3.05) is 0 Å². The van der Waals surface area contributed by atoms with Crippen LogP contribution in [0, 0.1) is 41.5 Å². The Morgan fingerprint density at radius 1 is 0.440 bits per heavy atom. The zero-order valence-electron chi connectivity index (χ0n) is 16.3. The molecule has 0 spiro atoms. The van der Waals surface area contributed by atoms with Crippen molar-refractivity contribution in [3.05, 3.63) is 88.0 Å². The molecule has 0 radical (unpaired) electrons. The summed E-state index contributed by atoms with van der Waals surface area (Å²) in [5, 5.41) is 0. The summed E-state index contributed by atoms with van der Waals surface area (Å²) in [7, 11) is 0. The van der Waals surface area contributed by atoms with E-state index in [1.807, 2.05) is 0 Å². The van der Waals surface area contributed by atoms with E-state index in [9.17, 15) is 0 Å². The van der Waals surface area contributed by atoms with Gasteiger partial charge in [0.25, 0.3) is 0 Å². The number of hydrogen-bond donors (Lipinski definition) is 0. The fourth-order valence-corrected chi connectivity index (χ4v) is 11.3.